The van der Waals surface area contributed by atoms with Crippen LogP contribution in [0.15, 0.2) is 43.0 Å². The van der Waals surface area contributed by atoms with Crippen molar-refractivity contribution < 1.29 is 4.79 Å². The van der Waals surface area contributed by atoms with E-state index in [1.807, 2.05) is 4.90 Å². The van der Waals surface area contributed by atoms with Crippen LogP contribution >= 0.6 is 0 Å². The molecular weight excluding hydrogens is 358 g/mol. The molecule has 0 saturated carbocycles. The number of benzene rings is 1. The maximum Gasteiger partial charge on any atom is 0.245 e. The molecule has 162 valence electrons. The van der Waals surface area contributed by atoms with Crippen LogP contribution in [0.2, 0.25) is 0 Å². The molecule has 0 bridgehead atoms. The summed E-state index contributed by atoms with van der Waals surface area (Å²) < 4.78 is 0. The summed E-state index contributed by atoms with van der Waals surface area (Å²) in [6, 6.07) is 10.7. The number of hydrogen-bond donors (Lipinski definition) is 0. The van der Waals surface area contributed by atoms with Crippen LogP contribution < -0.4 is 4.90 Å². The molecule has 4 heteroatoms. The number of likely N-dealkylation sites (tertiary alicyclic amines) is 1. The number of nitrogens with zero attached hydrogens (tertiary/aromatic N) is 3. The van der Waals surface area contributed by atoms with Gasteiger partial charge < -0.3 is 14.7 Å². The molecule has 1 aromatic carbocycles. The van der Waals surface area contributed by atoms with Crippen LogP contribution in [0.3, 0.4) is 0 Å². The molecule has 1 aliphatic rings. The Balaban J connectivity index is 1.65. The van der Waals surface area contributed by atoms with Crippen molar-refractivity contribution in [2.24, 2.45) is 0 Å². The number of carbonyl (C=O) groups excluding carboxylic acids is 1. The van der Waals surface area contributed by atoms with Gasteiger partial charge in [0, 0.05) is 38.4 Å². The van der Waals surface area contributed by atoms with Crippen molar-refractivity contribution in [3.63, 3.8) is 0 Å². The first-order chi connectivity index (χ1) is 14.2. The highest BCUT2D eigenvalue weighted by molar-refractivity contribution is 5.86. The Labute approximate surface area is 178 Å². The van der Waals surface area contributed by atoms with Crippen LogP contribution in [0.5, 0.6) is 0 Å². The van der Waals surface area contributed by atoms with Crippen molar-refractivity contribution in [2.45, 2.75) is 58.3 Å². The quantitative estimate of drug-likeness (QED) is 0.327. The van der Waals surface area contributed by atoms with Crippen LogP contribution in [-0.4, -0.2) is 61.5 Å². The zero-order chi connectivity index (χ0) is 20.7. The zero-order valence-electron chi connectivity index (χ0n) is 18.5. The monoisotopic (exact) mass is 399 g/mol. The van der Waals surface area contributed by atoms with Crippen molar-refractivity contribution >= 4 is 11.6 Å². The minimum atomic E-state index is 0.0835. The number of amides is 1. The third-order valence-electron chi connectivity index (χ3n) is 5.84. The number of unbranched alkanes of at least 4 members (excludes halogenated alkanes) is 3. The Morgan fingerprint density at radius 1 is 0.966 bits per heavy atom. The predicted octanol–water partition coefficient (Wildman–Crippen LogP) is 4.96. The van der Waals surface area contributed by atoms with Crippen molar-refractivity contribution in [3.8, 4) is 0 Å². The first-order valence-electron chi connectivity index (χ1n) is 11.7. The molecule has 1 saturated heterocycles. The number of carbonyl (C=O) groups is 1. The molecular formula is C25H41N3O. The third-order valence-corrected chi connectivity index (χ3v) is 5.84. The fourth-order valence-corrected chi connectivity index (χ4v) is 4.14. The summed E-state index contributed by atoms with van der Waals surface area (Å²) >= 11 is 0. The Bertz CT molecular complexity index is 569. The number of hydrogen-bond acceptors (Lipinski definition) is 3. The first kappa shape index (κ1) is 23.5. The lowest BCUT2D eigenvalue weighted by molar-refractivity contribution is -0.126. The fourth-order valence-electron chi connectivity index (χ4n) is 4.14. The number of para-hydroxylation sites is 1. The molecule has 1 fully saturated rings. The average molecular weight is 400 g/mol. The molecule has 1 aromatic rings. The van der Waals surface area contributed by atoms with Crippen LogP contribution in [0.4, 0.5) is 5.69 Å². The lowest BCUT2D eigenvalue weighted by Crippen LogP contribution is -2.40. The average Bonchev–Trinajstić information content (AvgIpc) is 2.78. The van der Waals surface area contributed by atoms with E-state index in [4.69, 9.17) is 0 Å². The van der Waals surface area contributed by atoms with Gasteiger partial charge in [-0.1, -0.05) is 51.0 Å². The van der Waals surface area contributed by atoms with Crippen LogP contribution in [0.1, 0.15) is 58.3 Å². The fraction of sp³-hybridized carbons (Fsp3) is 0.640. The van der Waals surface area contributed by atoms with Gasteiger partial charge in [-0.25, -0.2) is 0 Å². The predicted molar refractivity (Wildman–Crippen MR) is 124 cm³/mol. The van der Waals surface area contributed by atoms with Crippen molar-refractivity contribution in [3.05, 3.63) is 43.0 Å². The van der Waals surface area contributed by atoms with E-state index in [2.05, 4.69) is 53.6 Å². The summed E-state index contributed by atoms with van der Waals surface area (Å²) in [5.41, 5.74) is 1.33. The van der Waals surface area contributed by atoms with Gasteiger partial charge in [0.25, 0.3) is 0 Å². The highest BCUT2D eigenvalue weighted by Gasteiger charge is 2.14. The standard InChI is InChI=1S/C25H41N3O/c1-3-17-27(24-15-9-7-10-16-24)20-13-5-6-14-21-28(25(29)4-2)23-22-26-18-11-8-12-19-26/h4,7,9-10,15-16H,2-3,5-6,8,11-14,17-23H2,1H3. The summed E-state index contributed by atoms with van der Waals surface area (Å²) in [5.74, 6) is 0.0835. The van der Waals surface area contributed by atoms with Gasteiger partial charge in [0.2, 0.25) is 5.91 Å². The molecule has 29 heavy (non-hydrogen) atoms. The molecule has 4 nitrogen and oxygen atoms in total. The summed E-state index contributed by atoms with van der Waals surface area (Å²) in [6.07, 6.45) is 11.3. The van der Waals surface area contributed by atoms with E-state index in [1.54, 1.807) is 0 Å². The van der Waals surface area contributed by atoms with E-state index >= 15 is 0 Å². The van der Waals surface area contributed by atoms with Gasteiger partial charge in [0.1, 0.15) is 0 Å². The molecule has 0 aliphatic carbocycles. The minimum absolute atomic E-state index is 0.0835. The largest absolute Gasteiger partial charge is 0.372 e. The number of piperidine rings is 1. The topological polar surface area (TPSA) is 26.8 Å². The minimum Gasteiger partial charge on any atom is -0.372 e. The van der Waals surface area contributed by atoms with Gasteiger partial charge in [-0.3, -0.25) is 4.79 Å². The van der Waals surface area contributed by atoms with Gasteiger partial charge in [-0.05, 0) is 63.4 Å². The zero-order valence-corrected chi connectivity index (χ0v) is 18.5. The lowest BCUT2D eigenvalue weighted by atomic mass is 10.1. The van der Waals surface area contributed by atoms with Gasteiger partial charge in [0.05, 0.1) is 0 Å². The van der Waals surface area contributed by atoms with E-state index < -0.39 is 0 Å². The third kappa shape index (κ3) is 9.03. The molecule has 0 spiro atoms. The molecule has 2 rings (SSSR count). The van der Waals surface area contributed by atoms with E-state index in [-0.39, 0.29) is 5.91 Å². The van der Waals surface area contributed by atoms with Gasteiger partial charge in [-0.2, -0.15) is 0 Å². The normalized spacial score (nSPS) is 14.5. The second kappa shape index (κ2) is 14.2. The van der Waals surface area contributed by atoms with E-state index in [0.29, 0.717) is 0 Å². The Morgan fingerprint density at radius 3 is 2.31 bits per heavy atom. The van der Waals surface area contributed by atoms with Gasteiger partial charge >= 0.3 is 0 Å². The highest BCUT2D eigenvalue weighted by Crippen LogP contribution is 2.15. The summed E-state index contributed by atoms with van der Waals surface area (Å²) in [7, 11) is 0. The molecule has 0 aromatic heterocycles. The Morgan fingerprint density at radius 2 is 1.66 bits per heavy atom. The second-order valence-corrected chi connectivity index (χ2v) is 8.17. The summed E-state index contributed by atoms with van der Waals surface area (Å²) in [5, 5.41) is 0. The number of rotatable bonds is 14. The molecule has 1 amide bonds. The molecule has 1 aliphatic heterocycles. The van der Waals surface area contributed by atoms with Crippen LogP contribution in [0.25, 0.3) is 0 Å². The van der Waals surface area contributed by atoms with Crippen molar-refractivity contribution in [2.75, 3.05) is 50.7 Å². The van der Waals surface area contributed by atoms with E-state index in [9.17, 15) is 4.79 Å². The molecule has 1 heterocycles. The van der Waals surface area contributed by atoms with Gasteiger partial charge in [-0.15, -0.1) is 0 Å². The van der Waals surface area contributed by atoms with Gasteiger partial charge in [0.15, 0.2) is 0 Å². The van der Waals surface area contributed by atoms with E-state index in [1.165, 1.54) is 69.8 Å². The summed E-state index contributed by atoms with van der Waals surface area (Å²) in [6.45, 7) is 13.2. The smallest absolute Gasteiger partial charge is 0.245 e. The first-order valence-corrected chi connectivity index (χ1v) is 11.7. The van der Waals surface area contributed by atoms with E-state index in [0.717, 1.165) is 39.1 Å². The molecule has 0 unspecified atom stereocenters. The Hall–Kier alpha value is -1.81. The number of anilines is 1. The maximum absolute atomic E-state index is 12.2. The molecule has 0 radical (unpaired) electrons. The molecule has 0 atom stereocenters. The lowest BCUT2D eigenvalue weighted by Gasteiger charge is -2.29. The van der Waals surface area contributed by atoms with Crippen LogP contribution in [-0.2, 0) is 4.79 Å². The Kier molecular flexibility index (Phi) is 11.5. The van der Waals surface area contributed by atoms with Crippen molar-refractivity contribution in [1.82, 2.24) is 9.80 Å². The molecule has 0 N–H and O–H groups in total. The maximum atomic E-state index is 12.2. The highest BCUT2D eigenvalue weighted by atomic mass is 16.2. The second-order valence-electron chi connectivity index (χ2n) is 8.17. The van der Waals surface area contributed by atoms with Crippen molar-refractivity contribution in [1.29, 1.82) is 0 Å². The SMILES string of the molecule is C=CC(=O)N(CCCCCCN(CCC)c1ccccc1)CCN1CCCCC1. The summed E-state index contributed by atoms with van der Waals surface area (Å²) in [4.78, 5) is 19.2. The van der Waals surface area contributed by atoms with Crippen LogP contribution in [0, 0.1) is 0 Å².